The van der Waals surface area contributed by atoms with Crippen LogP contribution < -0.4 is 5.73 Å². The van der Waals surface area contributed by atoms with Gasteiger partial charge in [0.15, 0.2) is 0 Å². The summed E-state index contributed by atoms with van der Waals surface area (Å²) in [6, 6.07) is 6.86. The maximum Gasteiger partial charge on any atom is 0.225 e. The van der Waals surface area contributed by atoms with Crippen LogP contribution in [0.4, 0.5) is 0 Å². The number of hydrogen-bond donors (Lipinski definition) is 2. The summed E-state index contributed by atoms with van der Waals surface area (Å²) in [7, 11) is 0. The predicted molar refractivity (Wildman–Crippen MR) is 88.8 cm³/mol. The molecule has 1 aliphatic rings. The molecule has 5 nitrogen and oxygen atoms in total. The molecule has 0 aromatic heterocycles. The van der Waals surface area contributed by atoms with E-state index in [1.54, 1.807) is 29.2 Å². The molecular formula is C17H23ClN2O3. The van der Waals surface area contributed by atoms with Crippen molar-refractivity contribution >= 4 is 23.4 Å². The highest BCUT2D eigenvalue weighted by Gasteiger charge is 2.25. The van der Waals surface area contributed by atoms with Crippen LogP contribution in [-0.2, 0) is 9.59 Å². The third-order valence-corrected chi connectivity index (χ3v) is 4.55. The first kappa shape index (κ1) is 17.8. The first-order valence-electron chi connectivity index (χ1n) is 7.95. The summed E-state index contributed by atoms with van der Waals surface area (Å²) < 4.78 is 0. The van der Waals surface area contributed by atoms with Gasteiger partial charge in [-0.15, -0.1) is 0 Å². The van der Waals surface area contributed by atoms with E-state index in [0.29, 0.717) is 36.0 Å². The Labute approximate surface area is 141 Å². The zero-order chi connectivity index (χ0) is 16.8. The summed E-state index contributed by atoms with van der Waals surface area (Å²) in [5.74, 6) is -0.0456. The second-order valence-corrected chi connectivity index (χ2v) is 6.56. The van der Waals surface area contributed by atoms with Crippen LogP contribution in [-0.4, -0.2) is 34.9 Å². The molecule has 6 heteroatoms. The number of hydrogen-bond acceptors (Lipinski definition) is 3. The van der Waals surface area contributed by atoms with Crippen molar-refractivity contribution in [1.29, 1.82) is 0 Å². The molecule has 2 unspecified atom stereocenters. The second-order valence-electron chi connectivity index (χ2n) is 6.12. The van der Waals surface area contributed by atoms with Crippen molar-refractivity contribution in [3.05, 3.63) is 34.9 Å². The molecule has 1 aromatic rings. The number of piperidine rings is 1. The van der Waals surface area contributed by atoms with Crippen molar-refractivity contribution < 1.29 is 14.7 Å². The molecule has 23 heavy (non-hydrogen) atoms. The molecule has 1 aromatic carbocycles. The Hall–Kier alpha value is -1.59. The molecule has 2 amide bonds. The van der Waals surface area contributed by atoms with Crippen LogP contribution >= 0.6 is 11.6 Å². The van der Waals surface area contributed by atoms with E-state index >= 15 is 0 Å². The number of nitrogens with zero attached hydrogens (tertiary/aromatic N) is 1. The van der Waals surface area contributed by atoms with E-state index in [9.17, 15) is 14.7 Å². The molecule has 3 N–H and O–H groups in total. The molecule has 0 saturated carbocycles. The lowest BCUT2D eigenvalue weighted by Gasteiger charge is -2.33. The molecule has 2 atom stereocenters. The summed E-state index contributed by atoms with van der Waals surface area (Å²) in [4.78, 5) is 25.0. The van der Waals surface area contributed by atoms with Gasteiger partial charge in [-0.05, 0) is 42.9 Å². The first-order valence-corrected chi connectivity index (χ1v) is 8.33. The average molecular weight is 339 g/mol. The van der Waals surface area contributed by atoms with Gasteiger partial charge in [-0.2, -0.15) is 0 Å². The molecule has 1 aliphatic heterocycles. The summed E-state index contributed by atoms with van der Waals surface area (Å²) >= 11 is 5.82. The number of likely N-dealkylation sites (tertiary alicyclic amines) is 1. The lowest BCUT2D eigenvalue weighted by molar-refractivity contribution is -0.135. The number of aliphatic hydroxyl groups is 1. The third kappa shape index (κ3) is 5.52. The van der Waals surface area contributed by atoms with Gasteiger partial charge in [0.05, 0.1) is 12.5 Å². The number of aliphatic hydroxyl groups excluding tert-OH is 1. The quantitative estimate of drug-likeness (QED) is 0.834. The fourth-order valence-electron chi connectivity index (χ4n) is 2.97. The summed E-state index contributed by atoms with van der Waals surface area (Å²) in [5.41, 5.74) is 5.87. The van der Waals surface area contributed by atoms with E-state index in [2.05, 4.69) is 0 Å². The fourth-order valence-corrected chi connectivity index (χ4v) is 3.10. The van der Waals surface area contributed by atoms with Gasteiger partial charge in [-0.25, -0.2) is 0 Å². The highest BCUT2D eigenvalue weighted by molar-refractivity contribution is 6.30. The second kappa shape index (κ2) is 8.31. The number of carbonyl (C=O) groups is 2. The maximum atomic E-state index is 12.4. The van der Waals surface area contributed by atoms with E-state index in [1.165, 1.54) is 0 Å². The Morgan fingerprint density at radius 1 is 1.35 bits per heavy atom. The van der Waals surface area contributed by atoms with Crippen molar-refractivity contribution in [3.8, 4) is 0 Å². The van der Waals surface area contributed by atoms with Gasteiger partial charge in [-0.3, -0.25) is 9.59 Å². The fraction of sp³-hybridized carbons (Fsp3) is 0.529. The van der Waals surface area contributed by atoms with Crippen molar-refractivity contribution in [3.63, 3.8) is 0 Å². The van der Waals surface area contributed by atoms with Crippen molar-refractivity contribution in [2.75, 3.05) is 13.1 Å². The zero-order valence-corrected chi connectivity index (χ0v) is 13.8. The SMILES string of the molecule is NC(=O)CCC1CCCN(C(=O)CC(O)c2ccc(Cl)cc2)C1. The van der Waals surface area contributed by atoms with Crippen LogP contribution in [0.5, 0.6) is 0 Å². The Kier molecular flexibility index (Phi) is 6.42. The van der Waals surface area contributed by atoms with Crippen LogP contribution in [0.2, 0.25) is 5.02 Å². The van der Waals surface area contributed by atoms with E-state index in [0.717, 1.165) is 19.3 Å². The van der Waals surface area contributed by atoms with Gasteiger partial charge in [0.25, 0.3) is 0 Å². The Balaban J connectivity index is 1.86. The van der Waals surface area contributed by atoms with Crippen LogP contribution in [0.1, 0.15) is 43.8 Å². The van der Waals surface area contributed by atoms with Gasteiger partial charge in [0.1, 0.15) is 0 Å². The number of carbonyl (C=O) groups excluding carboxylic acids is 2. The molecule has 1 fully saturated rings. The number of nitrogens with two attached hydrogens (primary N) is 1. The zero-order valence-electron chi connectivity index (χ0n) is 13.1. The number of amides is 2. The predicted octanol–water partition coefficient (Wildman–Crippen LogP) is 2.27. The number of primary amides is 1. The average Bonchev–Trinajstić information content (AvgIpc) is 2.53. The maximum absolute atomic E-state index is 12.4. The molecule has 0 radical (unpaired) electrons. The van der Waals surface area contributed by atoms with Crippen molar-refractivity contribution in [2.45, 2.75) is 38.2 Å². The Morgan fingerprint density at radius 3 is 2.70 bits per heavy atom. The van der Waals surface area contributed by atoms with E-state index in [1.807, 2.05) is 0 Å². The van der Waals surface area contributed by atoms with Crippen LogP contribution in [0, 0.1) is 5.92 Å². The molecule has 0 aliphatic carbocycles. The summed E-state index contributed by atoms with van der Waals surface area (Å²) in [5, 5.41) is 10.8. The van der Waals surface area contributed by atoms with Gasteiger partial charge in [0.2, 0.25) is 11.8 Å². The lowest BCUT2D eigenvalue weighted by Crippen LogP contribution is -2.40. The highest BCUT2D eigenvalue weighted by atomic mass is 35.5. The summed E-state index contributed by atoms with van der Waals surface area (Å²) in [6.45, 7) is 1.35. The molecular weight excluding hydrogens is 316 g/mol. The monoisotopic (exact) mass is 338 g/mol. The molecule has 0 bridgehead atoms. The standard InChI is InChI=1S/C17H23ClN2O3/c18-14-6-4-13(5-7-14)15(21)10-17(23)20-9-1-2-12(11-20)3-8-16(19)22/h4-7,12,15,21H,1-3,8-11H2,(H2,19,22). The van der Waals surface area contributed by atoms with E-state index in [4.69, 9.17) is 17.3 Å². The first-order chi connectivity index (χ1) is 11.0. The van der Waals surface area contributed by atoms with E-state index < -0.39 is 6.10 Å². The smallest absolute Gasteiger partial charge is 0.225 e. The molecule has 2 rings (SSSR count). The summed E-state index contributed by atoms with van der Waals surface area (Å²) in [6.07, 6.45) is 2.25. The molecule has 1 heterocycles. The number of halogens is 1. The Bertz CT molecular complexity index is 547. The van der Waals surface area contributed by atoms with Gasteiger partial charge in [-0.1, -0.05) is 23.7 Å². The molecule has 0 spiro atoms. The van der Waals surface area contributed by atoms with Crippen molar-refractivity contribution in [1.82, 2.24) is 4.90 Å². The normalized spacial score (nSPS) is 19.4. The molecule has 126 valence electrons. The largest absolute Gasteiger partial charge is 0.388 e. The highest BCUT2D eigenvalue weighted by Crippen LogP contribution is 2.24. The van der Waals surface area contributed by atoms with Crippen LogP contribution in [0.15, 0.2) is 24.3 Å². The minimum absolute atomic E-state index is 0.0591. The lowest BCUT2D eigenvalue weighted by atomic mass is 9.93. The number of rotatable bonds is 6. The number of benzene rings is 1. The third-order valence-electron chi connectivity index (χ3n) is 4.29. The van der Waals surface area contributed by atoms with Crippen molar-refractivity contribution in [2.24, 2.45) is 11.7 Å². The van der Waals surface area contributed by atoms with Gasteiger partial charge in [0, 0.05) is 24.5 Å². The Morgan fingerprint density at radius 2 is 2.04 bits per heavy atom. The minimum Gasteiger partial charge on any atom is -0.388 e. The van der Waals surface area contributed by atoms with Gasteiger partial charge >= 0.3 is 0 Å². The van der Waals surface area contributed by atoms with Crippen LogP contribution in [0.25, 0.3) is 0 Å². The van der Waals surface area contributed by atoms with Crippen LogP contribution in [0.3, 0.4) is 0 Å². The minimum atomic E-state index is -0.828. The van der Waals surface area contributed by atoms with E-state index in [-0.39, 0.29) is 18.2 Å². The van der Waals surface area contributed by atoms with Gasteiger partial charge < -0.3 is 15.7 Å². The topological polar surface area (TPSA) is 83.6 Å². The molecule has 1 saturated heterocycles.